The average Bonchev–Trinajstić information content (AvgIpc) is 2.93. The number of rotatable bonds is 29. The molecule has 1 atom stereocenters. The third-order valence-electron chi connectivity index (χ3n) is 7.11. The minimum Gasteiger partial charge on any atom is -0.462 e. The van der Waals surface area contributed by atoms with Gasteiger partial charge in [0.25, 0.3) is 0 Å². The Bertz CT molecular complexity index is 577. The summed E-state index contributed by atoms with van der Waals surface area (Å²) in [6.07, 6.45) is 24.1. The Morgan fingerprint density at radius 1 is 0.410 bits per heavy atom. The summed E-state index contributed by atoms with van der Waals surface area (Å²) in [7, 11) is 0. The molecule has 0 aliphatic rings. The summed E-state index contributed by atoms with van der Waals surface area (Å²) in [5.41, 5.74) is 0. The second-order valence-corrected chi connectivity index (χ2v) is 11.1. The molecule has 0 aliphatic carbocycles. The summed E-state index contributed by atoms with van der Waals surface area (Å²) in [5, 5.41) is 0. The summed E-state index contributed by atoms with van der Waals surface area (Å²) in [6.45, 7) is 6.45. The summed E-state index contributed by atoms with van der Waals surface area (Å²) in [4.78, 5) is 36.8. The van der Waals surface area contributed by atoms with Gasteiger partial charge in [-0.15, -0.1) is 0 Å². The first-order valence-electron chi connectivity index (χ1n) is 16.5. The van der Waals surface area contributed by atoms with Gasteiger partial charge in [-0.05, 0) is 19.3 Å². The molecule has 0 aliphatic heterocycles. The topological polar surface area (TPSA) is 78.9 Å². The van der Waals surface area contributed by atoms with E-state index in [2.05, 4.69) is 20.8 Å². The molecule has 6 nitrogen and oxygen atoms in total. The van der Waals surface area contributed by atoms with Crippen molar-refractivity contribution in [2.24, 2.45) is 0 Å². The maximum Gasteiger partial charge on any atom is 0.306 e. The Balaban J connectivity index is 4.32. The first-order chi connectivity index (χ1) is 19.0. The number of ether oxygens (including phenoxy) is 3. The average molecular weight is 555 g/mol. The predicted octanol–water partition coefficient (Wildman–Crippen LogP) is 9.41. The minimum atomic E-state index is -0.752. The lowest BCUT2D eigenvalue weighted by Gasteiger charge is -2.18. The molecule has 0 radical (unpaired) electrons. The molecule has 0 aromatic rings. The van der Waals surface area contributed by atoms with Crippen molar-refractivity contribution in [2.75, 3.05) is 13.2 Å². The van der Waals surface area contributed by atoms with Gasteiger partial charge in [0, 0.05) is 19.3 Å². The molecule has 6 heteroatoms. The van der Waals surface area contributed by atoms with Gasteiger partial charge in [-0.2, -0.15) is 0 Å². The third-order valence-corrected chi connectivity index (χ3v) is 7.11. The van der Waals surface area contributed by atoms with Crippen LogP contribution < -0.4 is 0 Å². The van der Waals surface area contributed by atoms with Gasteiger partial charge < -0.3 is 14.2 Å². The van der Waals surface area contributed by atoms with Gasteiger partial charge in [-0.3, -0.25) is 14.4 Å². The lowest BCUT2D eigenvalue weighted by atomic mass is 10.1. The highest BCUT2D eigenvalue weighted by Crippen LogP contribution is 2.13. The monoisotopic (exact) mass is 554 g/mol. The molecule has 0 aromatic heterocycles. The predicted molar refractivity (Wildman–Crippen MR) is 160 cm³/mol. The first kappa shape index (κ1) is 37.4. The van der Waals surface area contributed by atoms with Crippen LogP contribution in [0.2, 0.25) is 0 Å². The van der Waals surface area contributed by atoms with Crippen molar-refractivity contribution in [1.82, 2.24) is 0 Å². The highest BCUT2D eigenvalue weighted by Gasteiger charge is 2.19. The molecule has 0 N–H and O–H groups in total. The Hall–Kier alpha value is -1.59. The largest absolute Gasteiger partial charge is 0.462 e. The quantitative estimate of drug-likeness (QED) is 0.0520. The van der Waals surface area contributed by atoms with Crippen LogP contribution in [0, 0.1) is 0 Å². The standard InChI is InChI=1S/C33H62O6/c1-4-7-10-13-15-16-18-20-23-26-32(35)38-29-30(28-37-31(34)25-22-19-12-9-6-3)39-33(36)27-24-21-17-14-11-8-5-2/h30H,4-29H2,1-3H3. The summed E-state index contributed by atoms with van der Waals surface area (Å²) in [5.74, 6) is -0.895. The third kappa shape index (κ3) is 27.8. The zero-order valence-corrected chi connectivity index (χ0v) is 25.9. The van der Waals surface area contributed by atoms with E-state index in [0.717, 1.165) is 64.2 Å². The number of esters is 3. The van der Waals surface area contributed by atoms with Gasteiger partial charge in [-0.1, -0.05) is 136 Å². The molecule has 0 spiro atoms. The molecule has 0 rings (SSSR count). The summed E-state index contributed by atoms with van der Waals surface area (Å²) < 4.78 is 16.3. The van der Waals surface area contributed by atoms with E-state index in [1.165, 1.54) is 70.6 Å². The van der Waals surface area contributed by atoms with Crippen LogP contribution in [0.4, 0.5) is 0 Å². The van der Waals surface area contributed by atoms with E-state index in [1.807, 2.05) is 0 Å². The highest BCUT2D eigenvalue weighted by atomic mass is 16.6. The van der Waals surface area contributed by atoms with Crippen LogP contribution in [-0.4, -0.2) is 37.2 Å². The highest BCUT2D eigenvalue weighted by molar-refractivity contribution is 5.71. The molecule has 0 bridgehead atoms. The van der Waals surface area contributed by atoms with Crippen LogP contribution in [0.25, 0.3) is 0 Å². The van der Waals surface area contributed by atoms with Gasteiger partial charge in [0.1, 0.15) is 13.2 Å². The Morgan fingerprint density at radius 3 is 1.03 bits per heavy atom. The van der Waals surface area contributed by atoms with E-state index in [9.17, 15) is 14.4 Å². The zero-order valence-electron chi connectivity index (χ0n) is 25.9. The molecule has 230 valence electrons. The van der Waals surface area contributed by atoms with E-state index in [-0.39, 0.29) is 31.1 Å². The molecular formula is C33H62O6. The maximum absolute atomic E-state index is 12.4. The molecule has 0 amide bonds. The van der Waals surface area contributed by atoms with Crippen molar-refractivity contribution >= 4 is 17.9 Å². The lowest BCUT2D eigenvalue weighted by Crippen LogP contribution is -2.30. The molecule has 39 heavy (non-hydrogen) atoms. The Morgan fingerprint density at radius 2 is 0.692 bits per heavy atom. The second-order valence-electron chi connectivity index (χ2n) is 11.1. The minimum absolute atomic E-state index is 0.0667. The fraction of sp³-hybridized carbons (Fsp3) is 0.909. The van der Waals surface area contributed by atoms with Crippen molar-refractivity contribution in [3.05, 3.63) is 0 Å². The smallest absolute Gasteiger partial charge is 0.306 e. The number of carbonyl (C=O) groups excluding carboxylic acids is 3. The summed E-state index contributed by atoms with van der Waals surface area (Å²) >= 11 is 0. The molecule has 0 saturated heterocycles. The van der Waals surface area contributed by atoms with Crippen LogP contribution in [0.15, 0.2) is 0 Å². The van der Waals surface area contributed by atoms with E-state index in [4.69, 9.17) is 14.2 Å². The van der Waals surface area contributed by atoms with E-state index >= 15 is 0 Å². The number of hydrogen-bond donors (Lipinski definition) is 0. The molecular weight excluding hydrogens is 492 g/mol. The first-order valence-corrected chi connectivity index (χ1v) is 16.5. The SMILES string of the molecule is CCCCCCCCCCCC(=O)OCC(COC(=O)CCCCCCC)OC(=O)CCCCCCCCC. The van der Waals surface area contributed by atoms with Gasteiger partial charge in [0.15, 0.2) is 6.10 Å². The van der Waals surface area contributed by atoms with Gasteiger partial charge >= 0.3 is 17.9 Å². The fourth-order valence-electron chi connectivity index (χ4n) is 4.56. The zero-order chi connectivity index (χ0) is 28.8. The van der Waals surface area contributed by atoms with E-state index < -0.39 is 6.10 Å². The van der Waals surface area contributed by atoms with Crippen molar-refractivity contribution in [1.29, 1.82) is 0 Å². The van der Waals surface area contributed by atoms with Crippen molar-refractivity contribution in [2.45, 2.75) is 181 Å². The fourth-order valence-corrected chi connectivity index (χ4v) is 4.56. The number of unbranched alkanes of at least 4 members (excludes halogenated alkanes) is 18. The molecule has 0 saturated carbocycles. The van der Waals surface area contributed by atoms with Gasteiger partial charge in [0.2, 0.25) is 0 Å². The maximum atomic E-state index is 12.4. The van der Waals surface area contributed by atoms with Crippen LogP contribution in [0.3, 0.4) is 0 Å². The molecule has 0 aromatic carbocycles. The Labute approximate surface area is 240 Å². The van der Waals surface area contributed by atoms with E-state index in [1.54, 1.807) is 0 Å². The van der Waals surface area contributed by atoms with Crippen LogP contribution in [0.5, 0.6) is 0 Å². The number of hydrogen-bond acceptors (Lipinski definition) is 6. The molecule has 1 unspecified atom stereocenters. The molecule has 0 heterocycles. The van der Waals surface area contributed by atoms with Crippen LogP contribution >= 0.6 is 0 Å². The second kappa shape index (κ2) is 29.4. The van der Waals surface area contributed by atoms with E-state index in [0.29, 0.717) is 19.3 Å². The van der Waals surface area contributed by atoms with Gasteiger partial charge in [-0.25, -0.2) is 0 Å². The molecule has 0 fully saturated rings. The number of carbonyl (C=O) groups is 3. The van der Waals surface area contributed by atoms with Crippen molar-refractivity contribution in [3.8, 4) is 0 Å². The van der Waals surface area contributed by atoms with Gasteiger partial charge in [0.05, 0.1) is 0 Å². The van der Waals surface area contributed by atoms with Crippen molar-refractivity contribution in [3.63, 3.8) is 0 Å². The Kier molecular flexibility index (Phi) is 28.2. The van der Waals surface area contributed by atoms with Crippen LogP contribution in [-0.2, 0) is 28.6 Å². The normalized spacial score (nSPS) is 11.8. The van der Waals surface area contributed by atoms with Crippen molar-refractivity contribution < 1.29 is 28.6 Å². The lowest BCUT2D eigenvalue weighted by molar-refractivity contribution is -0.167. The summed E-state index contributed by atoms with van der Waals surface area (Å²) in [6, 6.07) is 0. The van der Waals surface area contributed by atoms with Crippen LogP contribution in [0.1, 0.15) is 175 Å².